The summed E-state index contributed by atoms with van der Waals surface area (Å²) in [5.74, 6) is -0.541. The number of hydrogen-bond donors (Lipinski definition) is 1. The molecule has 116 valence electrons. The Hall–Kier alpha value is -2.73. The molecule has 0 unspecified atom stereocenters. The molecule has 0 bridgehead atoms. The third kappa shape index (κ3) is 3.73. The molecule has 1 heterocycles. The first kappa shape index (κ1) is 15.2. The number of amides is 1. The normalized spacial score (nSPS) is 10.5. The highest BCUT2D eigenvalue weighted by Crippen LogP contribution is 2.16. The number of carbonyl (C=O) groups is 1. The number of carbonyl (C=O) groups excluding carboxylic acids is 1. The Kier molecular flexibility index (Phi) is 4.34. The molecule has 0 aliphatic carbocycles. The van der Waals surface area contributed by atoms with Crippen LogP contribution in [-0.4, -0.2) is 20.7 Å². The van der Waals surface area contributed by atoms with Crippen LogP contribution < -0.4 is 5.32 Å². The van der Waals surface area contributed by atoms with Gasteiger partial charge in [-0.2, -0.15) is 0 Å². The molecule has 0 aliphatic heterocycles. The summed E-state index contributed by atoms with van der Waals surface area (Å²) in [5, 5.41) is 7.07. The van der Waals surface area contributed by atoms with E-state index in [1.54, 1.807) is 36.4 Å². The highest BCUT2D eigenvalue weighted by atomic mass is 35.5. The molecule has 0 fully saturated rings. The molecule has 7 heteroatoms. The highest BCUT2D eigenvalue weighted by molar-refractivity contribution is 6.34. The Bertz CT molecular complexity index is 849. The van der Waals surface area contributed by atoms with E-state index >= 15 is 0 Å². The number of halogens is 2. The summed E-state index contributed by atoms with van der Waals surface area (Å²) in [6.07, 6.45) is 1.47. The van der Waals surface area contributed by atoms with Gasteiger partial charge in [-0.1, -0.05) is 35.9 Å². The Morgan fingerprint density at radius 2 is 2.04 bits per heavy atom. The van der Waals surface area contributed by atoms with Crippen molar-refractivity contribution in [1.29, 1.82) is 0 Å². The fourth-order valence-electron chi connectivity index (χ4n) is 2.06. The fourth-order valence-corrected chi connectivity index (χ4v) is 2.29. The van der Waals surface area contributed by atoms with E-state index in [1.165, 1.54) is 23.1 Å². The van der Waals surface area contributed by atoms with E-state index in [-0.39, 0.29) is 17.7 Å². The van der Waals surface area contributed by atoms with E-state index in [2.05, 4.69) is 15.4 Å². The Balaban J connectivity index is 1.70. The summed E-state index contributed by atoms with van der Waals surface area (Å²) < 4.78 is 14.7. The molecule has 1 amide bonds. The molecule has 23 heavy (non-hydrogen) atoms. The monoisotopic (exact) mass is 330 g/mol. The summed E-state index contributed by atoms with van der Waals surface area (Å²) in [4.78, 5) is 16.1. The maximum atomic E-state index is 13.2. The Labute approximate surface area is 136 Å². The number of benzene rings is 2. The Morgan fingerprint density at radius 3 is 2.83 bits per heavy atom. The minimum absolute atomic E-state index is 0.159. The zero-order valence-corrected chi connectivity index (χ0v) is 12.7. The van der Waals surface area contributed by atoms with Crippen LogP contribution in [0.1, 0.15) is 15.9 Å². The van der Waals surface area contributed by atoms with Crippen LogP contribution in [0.3, 0.4) is 0 Å². The van der Waals surface area contributed by atoms with Gasteiger partial charge >= 0.3 is 0 Å². The summed E-state index contributed by atoms with van der Waals surface area (Å²) in [6, 6.07) is 12.9. The minimum atomic E-state index is -0.390. The second-order valence-corrected chi connectivity index (χ2v) is 5.24. The number of aromatic nitrogens is 3. The standard InChI is InChI=1S/C16H12ClFN4O/c17-14-7-2-1-6-13(14)15(23)20-16-19-10-22(21-16)9-11-4-3-5-12(18)8-11/h1-8,10H,9H2,(H,20,21,23). The number of nitrogens with one attached hydrogen (secondary N) is 1. The van der Waals surface area contributed by atoms with Gasteiger partial charge in [-0.15, -0.1) is 5.10 Å². The highest BCUT2D eigenvalue weighted by Gasteiger charge is 2.12. The molecule has 1 aromatic heterocycles. The van der Waals surface area contributed by atoms with Crippen molar-refractivity contribution in [2.24, 2.45) is 0 Å². The van der Waals surface area contributed by atoms with Crippen molar-refractivity contribution in [3.8, 4) is 0 Å². The first-order chi connectivity index (χ1) is 11.1. The van der Waals surface area contributed by atoms with Crippen LogP contribution in [0.2, 0.25) is 5.02 Å². The van der Waals surface area contributed by atoms with Gasteiger partial charge in [0.15, 0.2) is 0 Å². The zero-order chi connectivity index (χ0) is 16.2. The van der Waals surface area contributed by atoms with E-state index in [0.717, 1.165) is 5.56 Å². The first-order valence-electron chi connectivity index (χ1n) is 6.81. The second kappa shape index (κ2) is 6.58. The van der Waals surface area contributed by atoms with Crippen molar-refractivity contribution < 1.29 is 9.18 Å². The van der Waals surface area contributed by atoms with Crippen molar-refractivity contribution in [3.05, 3.63) is 76.8 Å². The lowest BCUT2D eigenvalue weighted by atomic mass is 10.2. The van der Waals surface area contributed by atoms with Gasteiger partial charge in [-0.25, -0.2) is 14.1 Å². The van der Waals surface area contributed by atoms with Crippen LogP contribution in [0.15, 0.2) is 54.9 Å². The predicted octanol–water partition coefficient (Wildman–Crippen LogP) is 3.37. The van der Waals surface area contributed by atoms with Crippen LogP contribution in [0, 0.1) is 5.82 Å². The van der Waals surface area contributed by atoms with Crippen molar-refractivity contribution in [3.63, 3.8) is 0 Å². The maximum absolute atomic E-state index is 13.2. The summed E-state index contributed by atoms with van der Waals surface area (Å²) in [5.41, 5.74) is 1.09. The molecule has 0 atom stereocenters. The van der Waals surface area contributed by atoms with Gasteiger partial charge in [0.05, 0.1) is 17.1 Å². The van der Waals surface area contributed by atoms with Gasteiger partial charge < -0.3 is 0 Å². The molecule has 0 aliphatic rings. The summed E-state index contributed by atoms with van der Waals surface area (Å²) in [7, 11) is 0. The fraction of sp³-hybridized carbons (Fsp3) is 0.0625. The van der Waals surface area contributed by atoms with E-state index in [1.807, 2.05) is 0 Å². The van der Waals surface area contributed by atoms with Gasteiger partial charge in [0, 0.05) is 0 Å². The first-order valence-corrected chi connectivity index (χ1v) is 7.19. The van der Waals surface area contributed by atoms with Gasteiger partial charge in [0.1, 0.15) is 12.1 Å². The molecule has 5 nitrogen and oxygen atoms in total. The molecular formula is C16H12ClFN4O. The average Bonchev–Trinajstić information content (AvgIpc) is 2.94. The second-order valence-electron chi connectivity index (χ2n) is 4.83. The van der Waals surface area contributed by atoms with Crippen LogP contribution in [0.25, 0.3) is 0 Å². The molecule has 0 radical (unpaired) electrons. The molecule has 0 spiro atoms. The number of nitrogens with zero attached hydrogens (tertiary/aromatic N) is 3. The quantitative estimate of drug-likeness (QED) is 0.798. The Morgan fingerprint density at radius 1 is 1.22 bits per heavy atom. The average molecular weight is 331 g/mol. The van der Waals surface area contributed by atoms with E-state index in [4.69, 9.17) is 11.6 Å². The van der Waals surface area contributed by atoms with Crippen molar-refractivity contribution in [2.45, 2.75) is 6.54 Å². The van der Waals surface area contributed by atoms with Crippen molar-refractivity contribution in [1.82, 2.24) is 14.8 Å². The van der Waals surface area contributed by atoms with Crippen molar-refractivity contribution >= 4 is 23.5 Å². The van der Waals surface area contributed by atoms with Crippen LogP contribution in [0.5, 0.6) is 0 Å². The van der Waals surface area contributed by atoms with Gasteiger partial charge in [-0.05, 0) is 29.8 Å². The number of rotatable bonds is 4. The lowest BCUT2D eigenvalue weighted by Crippen LogP contribution is -2.14. The largest absolute Gasteiger partial charge is 0.289 e. The number of anilines is 1. The lowest BCUT2D eigenvalue weighted by Gasteiger charge is -2.03. The summed E-state index contributed by atoms with van der Waals surface area (Å²) >= 11 is 5.97. The van der Waals surface area contributed by atoms with Crippen LogP contribution in [-0.2, 0) is 6.54 Å². The van der Waals surface area contributed by atoms with Crippen LogP contribution >= 0.6 is 11.6 Å². The molecular weight excluding hydrogens is 319 g/mol. The number of hydrogen-bond acceptors (Lipinski definition) is 3. The SMILES string of the molecule is O=C(Nc1ncn(Cc2cccc(F)c2)n1)c1ccccc1Cl. The van der Waals surface area contributed by atoms with Crippen LogP contribution in [0.4, 0.5) is 10.3 Å². The molecule has 0 saturated heterocycles. The van der Waals surface area contributed by atoms with E-state index in [9.17, 15) is 9.18 Å². The predicted molar refractivity (Wildman–Crippen MR) is 84.9 cm³/mol. The topological polar surface area (TPSA) is 59.8 Å². The van der Waals surface area contributed by atoms with E-state index < -0.39 is 0 Å². The lowest BCUT2D eigenvalue weighted by molar-refractivity contribution is 0.102. The maximum Gasteiger partial charge on any atom is 0.259 e. The third-order valence-corrected chi connectivity index (χ3v) is 3.44. The minimum Gasteiger partial charge on any atom is -0.289 e. The van der Waals surface area contributed by atoms with Gasteiger partial charge in [0.2, 0.25) is 5.95 Å². The van der Waals surface area contributed by atoms with Gasteiger partial charge in [-0.3, -0.25) is 10.1 Å². The third-order valence-electron chi connectivity index (χ3n) is 3.11. The molecule has 1 N–H and O–H groups in total. The van der Waals surface area contributed by atoms with Crippen molar-refractivity contribution in [2.75, 3.05) is 5.32 Å². The van der Waals surface area contributed by atoms with Gasteiger partial charge in [0.25, 0.3) is 5.91 Å². The summed E-state index contributed by atoms with van der Waals surface area (Å²) in [6.45, 7) is 0.354. The molecule has 3 aromatic rings. The van der Waals surface area contributed by atoms with E-state index in [0.29, 0.717) is 17.1 Å². The zero-order valence-electron chi connectivity index (χ0n) is 11.9. The molecule has 2 aromatic carbocycles. The smallest absolute Gasteiger partial charge is 0.259 e. The molecule has 0 saturated carbocycles. The molecule has 3 rings (SSSR count).